The van der Waals surface area contributed by atoms with Crippen molar-refractivity contribution in [2.24, 2.45) is 0 Å². The number of aromatic nitrogens is 3. The molecule has 2 rings (SSSR count). The van der Waals surface area contributed by atoms with Crippen molar-refractivity contribution in [2.45, 2.75) is 38.9 Å². The van der Waals surface area contributed by atoms with Crippen molar-refractivity contribution >= 4 is 17.7 Å². The number of carboxylic acids is 1. The standard InChI is InChI=1S/C15H19N3O2S/c1-9(2)18-14(12-7-10(3)5-6-11(12)4)16-17-15(18)21-8-13(19)20/h5-7,9H,8H2,1-4H3,(H,19,20). The molecular formula is C15H19N3O2S. The molecule has 0 atom stereocenters. The first-order valence-corrected chi connectivity index (χ1v) is 7.76. The van der Waals surface area contributed by atoms with Crippen LogP contribution in [0.25, 0.3) is 11.4 Å². The smallest absolute Gasteiger partial charge is 0.313 e. The van der Waals surface area contributed by atoms with Crippen molar-refractivity contribution in [1.82, 2.24) is 14.8 Å². The molecule has 1 N–H and O–H groups in total. The average molecular weight is 305 g/mol. The molecule has 112 valence electrons. The minimum absolute atomic E-state index is 0.0162. The first-order valence-electron chi connectivity index (χ1n) is 6.77. The van der Waals surface area contributed by atoms with E-state index in [1.165, 1.54) is 11.8 Å². The predicted molar refractivity (Wildman–Crippen MR) is 83.7 cm³/mol. The van der Waals surface area contributed by atoms with E-state index in [0.717, 1.165) is 22.5 Å². The van der Waals surface area contributed by atoms with E-state index in [-0.39, 0.29) is 11.8 Å². The molecule has 0 amide bonds. The van der Waals surface area contributed by atoms with E-state index >= 15 is 0 Å². The second-order valence-corrected chi connectivity index (χ2v) is 6.21. The quantitative estimate of drug-likeness (QED) is 0.858. The fraction of sp³-hybridized carbons (Fsp3) is 0.400. The van der Waals surface area contributed by atoms with Gasteiger partial charge in [0.2, 0.25) is 0 Å². The van der Waals surface area contributed by atoms with E-state index < -0.39 is 5.97 Å². The Morgan fingerprint density at radius 1 is 1.33 bits per heavy atom. The molecule has 0 aliphatic heterocycles. The molecule has 0 fully saturated rings. The summed E-state index contributed by atoms with van der Waals surface area (Å²) in [5.74, 6) is -0.0804. The molecule has 0 aliphatic carbocycles. The third kappa shape index (κ3) is 3.44. The first-order chi connectivity index (χ1) is 9.90. The summed E-state index contributed by atoms with van der Waals surface area (Å²) in [5.41, 5.74) is 3.33. The highest BCUT2D eigenvalue weighted by Crippen LogP contribution is 2.29. The zero-order chi connectivity index (χ0) is 15.6. The Bertz CT molecular complexity index is 665. The molecule has 0 unspecified atom stereocenters. The summed E-state index contributed by atoms with van der Waals surface area (Å²) >= 11 is 1.20. The van der Waals surface area contributed by atoms with Gasteiger partial charge in [-0.3, -0.25) is 9.36 Å². The van der Waals surface area contributed by atoms with Gasteiger partial charge >= 0.3 is 5.97 Å². The highest BCUT2D eigenvalue weighted by Gasteiger charge is 2.18. The Morgan fingerprint density at radius 3 is 2.67 bits per heavy atom. The van der Waals surface area contributed by atoms with E-state index in [4.69, 9.17) is 5.11 Å². The highest BCUT2D eigenvalue weighted by molar-refractivity contribution is 7.99. The van der Waals surface area contributed by atoms with Gasteiger partial charge in [-0.25, -0.2) is 0 Å². The lowest BCUT2D eigenvalue weighted by molar-refractivity contribution is -0.133. The van der Waals surface area contributed by atoms with Crippen LogP contribution in [0.1, 0.15) is 31.0 Å². The maximum atomic E-state index is 10.8. The Kier molecular flexibility index (Phi) is 4.67. The number of aryl methyl sites for hydroxylation is 2. The molecule has 0 bridgehead atoms. The van der Waals surface area contributed by atoms with Gasteiger partial charge < -0.3 is 5.11 Å². The summed E-state index contributed by atoms with van der Waals surface area (Å²) in [5, 5.41) is 17.9. The number of carboxylic acid groups (broad SMARTS) is 1. The van der Waals surface area contributed by atoms with Gasteiger partial charge in [0.15, 0.2) is 11.0 Å². The zero-order valence-electron chi connectivity index (χ0n) is 12.6. The molecule has 0 saturated heterocycles. The number of hydrogen-bond donors (Lipinski definition) is 1. The monoisotopic (exact) mass is 305 g/mol. The number of carbonyl (C=O) groups is 1. The van der Waals surface area contributed by atoms with Gasteiger partial charge in [0.05, 0.1) is 5.75 Å². The summed E-state index contributed by atoms with van der Waals surface area (Å²) in [6, 6.07) is 6.37. The maximum Gasteiger partial charge on any atom is 0.313 e. The number of aliphatic carboxylic acids is 1. The molecule has 0 saturated carbocycles. The molecule has 0 spiro atoms. The minimum atomic E-state index is -0.855. The summed E-state index contributed by atoms with van der Waals surface area (Å²) < 4.78 is 2.00. The van der Waals surface area contributed by atoms with Crippen molar-refractivity contribution in [1.29, 1.82) is 0 Å². The second-order valence-electron chi connectivity index (χ2n) is 5.27. The van der Waals surface area contributed by atoms with Gasteiger partial charge in [0.1, 0.15) is 0 Å². The van der Waals surface area contributed by atoms with Crippen molar-refractivity contribution in [3.63, 3.8) is 0 Å². The van der Waals surface area contributed by atoms with Gasteiger partial charge in [0.25, 0.3) is 0 Å². The van der Waals surface area contributed by atoms with Crippen LogP contribution in [0.2, 0.25) is 0 Å². The van der Waals surface area contributed by atoms with Gasteiger partial charge in [-0.15, -0.1) is 10.2 Å². The van der Waals surface area contributed by atoms with Crippen LogP contribution in [0.3, 0.4) is 0 Å². The van der Waals surface area contributed by atoms with Gasteiger partial charge in [-0.1, -0.05) is 29.5 Å². The molecule has 6 heteroatoms. The third-order valence-corrected chi connectivity index (χ3v) is 4.07. The van der Waals surface area contributed by atoms with Crippen LogP contribution in [-0.2, 0) is 4.79 Å². The summed E-state index contributed by atoms with van der Waals surface area (Å²) in [6.45, 7) is 8.17. The second kappa shape index (κ2) is 6.30. The Hall–Kier alpha value is -1.82. The number of benzene rings is 1. The normalized spacial score (nSPS) is 11.1. The molecule has 1 aromatic heterocycles. The number of thioether (sulfide) groups is 1. The largest absolute Gasteiger partial charge is 0.481 e. The van der Waals surface area contributed by atoms with Crippen LogP contribution in [0.15, 0.2) is 23.4 Å². The fourth-order valence-corrected chi connectivity index (χ4v) is 2.92. The van der Waals surface area contributed by atoms with E-state index in [0.29, 0.717) is 5.16 Å². The molecule has 5 nitrogen and oxygen atoms in total. The molecule has 2 aromatic rings. The number of nitrogens with zero attached hydrogens (tertiary/aromatic N) is 3. The van der Waals surface area contributed by atoms with Crippen LogP contribution in [0.5, 0.6) is 0 Å². The van der Waals surface area contributed by atoms with Gasteiger partial charge in [0, 0.05) is 11.6 Å². The van der Waals surface area contributed by atoms with E-state index in [1.807, 2.05) is 32.3 Å². The van der Waals surface area contributed by atoms with Crippen LogP contribution in [0, 0.1) is 13.8 Å². The summed E-state index contributed by atoms with van der Waals surface area (Å²) in [4.78, 5) is 10.8. The molecule has 0 aliphatic rings. The van der Waals surface area contributed by atoms with Gasteiger partial charge in [-0.2, -0.15) is 0 Å². The minimum Gasteiger partial charge on any atom is -0.481 e. The van der Waals surface area contributed by atoms with Crippen molar-refractivity contribution < 1.29 is 9.90 Å². The SMILES string of the molecule is Cc1ccc(C)c(-c2nnc(SCC(=O)O)n2C(C)C)c1. The molecular weight excluding hydrogens is 286 g/mol. The lowest BCUT2D eigenvalue weighted by Gasteiger charge is -2.15. The van der Waals surface area contributed by atoms with Crippen LogP contribution < -0.4 is 0 Å². The van der Waals surface area contributed by atoms with E-state index in [2.05, 4.69) is 28.4 Å². The third-order valence-electron chi connectivity index (χ3n) is 3.14. The Morgan fingerprint density at radius 2 is 2.05 bits per heavy atom. The van der Waals surface area contributed by atoms with Crippen LogP contribution in [0.4, 0.5) is 0 Å². The first kappa shape index (κ1) is 15.6. The van der Waals surface area contributed by atoms with Crippen LogP contribution >= 0.6 is 11.8 Å². The highest BCUT2D eigenvalue weighted by atomic mass is 32.2. The fourth-order valence-electron chi connectivity index (χ4n) is 2.13. The van der Waals surface area contributed by atoms with E-state index in [1.54, 1.807) is 0 Å². The van der Waals surface area contributed by atoms with Crippen molar-refractivity contribution in [3.8, 4) is 11.4 Å². The average Bonchev–Trinajstić information content (AvgIpc) is 2.83. The van der Waals surface area contributed by atoms with Gasteiger partial charge in [-0.05, 0) is 39.3 Å². The molecule has 1 heterocycles. The molecule has 21 heavy (non-hydrogen) atoms. The number of hydrogen-bond acceptors (Lipinski definition) is 4. The lowest BCUT2D eigenvalue weighted by atomic mass is 10.0. The maximum absolute atomic E-state index is 10.8. The molecule has 1 aromatic carbocycles. The van der Waals surface area contributed by atoms with Crippen LogP contribution in [-0.4, -0.2) is 31.6 Å². The van der Waals surface area contributed by atoms with E-state index in [9.17, 15) is 4.79 Å². The zero-order valence-corrected chi connectivity index (χ0v) is 13.4. The predicted octanol–water partition coefficient (Wildman–Crippen LogP) is 3.32. The van der Waals surface area contributed by atoms with Crippen molar-refractivity contribution in [2.75, 3.05) is 5.75 Å². The number of rotatable bonds is 5. The van der Waals surface area contributed by atoms with Crippen molar-refractivity contribution in [3.05, 3.63) is 29.3 Å². The molecule has 0 radical (unpaired) electrons. The lowest BCUT2D eigenvalue weighted by Crippen LogP contribution is -2.07. The summed E-state index contributed by atoms with van der Waals surface area (Å²) in [6.07, 6.45) is 0. The Labute approximate surface area is 128 Å². The summed E-state index contributed by atoms with van der Waals surface area (Å²) in [7, 11) is 0. The Balaban J connectivity index is 2.49. The topological polar surface area (TPSA) is 68.0 Å².